The van der Waals surface area contributed by atoms with Gasteiger partial charge >= 0.3 is 0 Å². The van der Waals surface area contributed by atoms with Gasteiger partial charge in [-0.3, -0.25) is 0 Å². The Bertz CT molecular complexity index is 800. The van der Waals surface area contributed by atoms with Crippen LogP contribution in [0.4, 0.5) is 4.39 Å². The third-order valence-electron chi connectivity index (χ3n) is 3.50. The first-order chi connectivity index (χ1) is 10.1. The molecule has 1 N–H and O–H groups in total. The highest BCUT2D eigenvalue weighted by Crippen LogP contribution is 2.39. The van der Waals surface area contributed by atoms with Gasteiger partial charge in [-0.25, -0.2) is 4.39 Å². The van der Waals surface area contributed by atoms with Crippen LogP contribution < -0.4 is 5.32 Å². The van der Waals surface area contributed by atoms with Crippen LogP contribution in [0, 0.1) is 5.82 Å². The lowest BCUT2D eigenvalue weighted by molar-refractivity contribution is 0.637. The van der Waals surface area contributed by atoms with E-state index in [1.165, 1.54) is 17.4 Å². The van der Waals surface area contributed by atoms with Crippen molar-refractivity contribution in [3.8, 4) is 0 Å². The number of fused-ring (bicyclic) bond motifs is 1. The molecule has 1 unspecified atom stereocenters. The smallest absolute Gasteiger partial charge is 0.131 e. The first-order valence-corrected chi connectivity index (χ1v) is 7.98. The summed E-state index contributed by atoms with van der Waals surface area (Å²) in [6.45, 7) is 0. The zero-order valence-corrected chi connectivity index (χ0v) is 13.5. The molecule has 108 valence electrons. The van der Waals surface area contributed by atoms with E-state index in [9.17, 15) is 4.39 Å². The highest BCUT2D eigenvalue weighted by molar-refractivity contribution is 7.20. The van der Waals surface area contributed by atoms with Gasteiger partial charge in [-0.1, -0.05) is 53.5 Å². The van der Waals surface area contributed by atoms with Crippen LogP contribution in [0.3, 0.4) is 0 Å². The summed E-state index contributed by atoms with van der Waals surface area (Å²) in [5, 5.41) is 4.72. The van der Waals surface area contributed by atoms with Crippen LogP contribution in [0.15, 0.2) is 42.5 Å². The van der Waals surface area contributed by atoms with Crippen LogP contribution in [-0.2, 0) is 0 Å². The number of benzene rings is 2. The zero-order chi connectivity index (χ0) is 15.0. The summed E-state index contributed by atoms with van der Waals surface area (Å²) in [7, 11) is 1.85. The van der Waals surface area contributed by atoms with Crippen molar-refractivity contribution in [2.75, 3.05) is 7.05 Å². The number of halogens is 3. The standard InChI is InChI=1S/C16H12Cl2FNS/c1-20-15(12-8-14(17)21-16(12)18)11-6-7-13(19)10-5-3-2-4-9(10)11/h2-8,15,20H,1H3. The number of hydrogen-bond acceptors (Lipinski definition) is 2. The second-order valence-corrected chi connectivity index (χ2v) is 6.97. The van der Waals surface area contributed by atoms with Gasteiger partial charge in [0.1, 0.15) is 5.82 Å². The lowest BCUT2D eigenvalue weighted by atomic mass is 9.95. The number of rotatable bonds is 3. The van der Waals surface area contributed by atoms with Crippen molar-refractivity contribution in [1.82, 2.24) is 5.32 Å². The maximum atomic E-state index is 14.0. The van der Waals surface area contributed by atoms with Crippen molar-refractivity contribution >= 4 is 45.3 Å². The maximum Gasteiger partial charge on any atom is 0.131 e. The lowest BCUT2D eigenvalue weighted by Gasteiger charge is -2.18. The SMILES string of the molecule is CNC(c1cc(Cl)sc1Cl)c1ccc(F)c2ccccc12. The minimum atomic E-state index is -0.223. The Balaban J connectivity index is 2.22. The minimum Gasteiger partial charge on any atom is -0.309 e. The average Bonchev–Trinajstić information content (AvgIpc) is 2.81. The van der Waals surface area contributed by atoms with Crippen LogP contribution in [0.5, 0.6) is 0 Å². The van der Waals surface area contributed by atoms with Crippen LogP contribution in [0.1, 0.15) is 17.2 Å². The molecule has 1 nitrogen and oxygen atoms in total. The summed E-state index contributed by atoms with van der Waals surface area (Å²) < 4.78 is 15.2. The highest BCUT2D eigenvalue weighted by atomic mass is 35.5. The topological polar surface area (TPSA) is 12.0 Å². The third kappa shape index (κ3) is 2.67. The Morgan fingerprint density at radius 3 is 2.38 bits per heavy atom. The molecular formula is C16H12Cl2FNS. The maximum absolute atomic E-state index is 14.0. The van der Waals surface area contributed by atoms with Crippen LogP contribution >= 0.6 is 34.5 Å². The first kappa shape index (κ1) is 14.8. The highest BCUT2D eigenvalue weighted by Gasteiger charge is 2.20. The summed E-state index contributed by atoms with van der Waals surface area (Å²) in [6, 6.07) is 12.4. The van der Waals surface area contributed by atoms with Gasteiger partial charge in [0.25, 0.3) is 0 Å². The Morgan fingerprint density at radius 2 is 1.76 bits per heavy atom. The van der Waals surface area contributed by atoms with Crippen LogP contribution in [0.2, 0.25) is 8.67 Å². The summed E-state index contributed by atoms with van der Waals surface area (Å²) in [4.78, 5) is 0. The zero-order valence-electron chi connectivity index (χ0n) is 11.2. The minimum absolute atomic E-state index is 0.133. The molecule has 0 spiro atoms. The molecule has 21 heavy (non-hydrogen) atoms. The van der Waals surface area contributed by atoms with Gasteiger partial charge in [0.15, 0.2) is 0 Å². The molecule has 0 aliphatic heterocycles. The fraction of sp³-hybridized carbons (Fsp3) is 0.125. The monoisotopic (exact) mass is 339 g/mol. The fourth-order valence-electron chi connectivity index (χ4n) is 2.57. The molecule has 0 saturated heterocycles. The van der Waals surface area contributed by atoms with Crippen molar-refractivity contribution < 1.29 is 4.39 Å². The van der Waals surface area contributed by atoms with E-state index in [2.05, 4.69) is 5.32 Å². The van der Waals surface area contributed by atoms with E-state index in [4.69, 9.17) is 23.2 Å². The molecule has 0 aliphatic carbocycles. The second kappa shape index (κ2) is 5.93. The van der Waals surface area contributed by atoms with E-state index >= 15 is 0 Å². The van der Waals surface area contributed by atoms with Gasteiger partial charge in [0.2, 0.25) is 0 Å². The molecule has 2 aromatic carbocycles. The van der Waals surface area contributed by atoms with Crippen LogP contribution in [-0.4, -0.2) is 7.05 Å². The molecule has 3 rings (SSSR count). The van der Waals surface area contributed by atoms with E-state index in [1.807, 2.05) is 31.3 Å². The molecule has 1 heterocycles. The molecule has 0 radical (unpaired) electrons. The van der Waals surface area contributed by atoms with Gasteiger partial charge in [-0.05, 0) is 30.1 Å². The molecule has 5 heteroatoms. The van der Waals surface area contributed by atoms with Gasteiger partial charge in [0.05, 0.1) is 14.7 Å². The molecule has 1 aromatic heterocycles. The van der Waals surface area contributed by atoms with Gasteiger partial charge in [-0.2, -0.15) is 0 Å². The van der Waals surface area contributed by atoms with Gasteiger partial charge in [-0.15, -0.1) is 11.3 Å². The van der Waals surface area contributed by atoms with E-state index < -0.39 is 0 Å². The van der Waals surface area contributed by atoms with E-state index in [0.717, 1.165) is 16.5 Å². The van der Waals surface area contributed by atoms with Crippen LogP contribution in [0.25, 0.3) is 10.8 Å². The number of thiophene rings is 1. The second-order valence-electron chi connectivity index (χ2n) is 4.68. The molecule has 1 atom stereocenters. The Kier molecular flexibility index (Phi) is 4.18. The van der Waals surface area contributed by atoms with Crippen molar-refractivity contribution in [2.24, 2.45) is 0 Å². The largest absolute Gasteiger partial charge is 0.309 e. The molecule has 0 amide bonds. The predicted molar refractivity (Wildman–Crippen MR) is 89.1 cm³/mol. The normalized spacial score (nSPS) is 12.8. The molecule has 0 saturated carbocycles. The summed E-state index contributed by atoms with van der Waals surface area (Å²) in [5.41, 5.74) is 1.89. The van der Waals surface area contributed by atoms with E-state index in [-0.39, 0.29) is 11.9 Å². The quantitative estimate of drug-likeness (QED) is 0.649. The lowest BCUT2D eigenvalue weighted by Crippen LogP contribution is -2.17. The number of nitrogens with one attached hydrogen (secondary N) is 1. The van der Waals surface area contributed by atoms with Crippen molar-refractivity contribution in [1.29, 1.82) is 0 Å². The summed E-state index contributed by atoms with van der Waals surface area (Å²) >= 11 is 13.6. The average molecular weight is 340 g/mol. The summed E-state index contributed by atoms with van der Waals surface area (Å²) in [6.07, 6.45) is 0. The molecule has 0 fully saturated rings. The Morgan fingerprint density at radius 1 is 1.05 bits per heavy atom. The third-order valence-corrected chi connectivity index (χ3v) is 5.02. The molecular weight excluding hydrogens is 328 g/mol. The predicted octanol–water partition coefficient (Wildman–Crippen LogP) is 5.66. The summed E-state index contributed by atoms with van der Waals surface area (Å²) in [5.74, 6) is -0.223. The molecule has 3 aromatic rings. The number of hydrogen-bond donors (Lipinski definition) is 1. The molecule has 0 aliphatic rings. The molecule has 0 bridgehead atoms. The Labute approximate surface area is 136 Å². The fourth-order valence-corrected chi connectivity index (χ4v) is 4.10. The van der Waals surface area contributed by atoms with Crippen molar-refractivity contribution in [3.63, 3.8) is 0 Å². The van der Waals surface area contributed by atoms with E-state index in [1.54, 1.807) is 12.1 Å². The van der Waals surface area contributed by atoms with Crippen molar-refractivity contribution in [2.45, 2.75) is 6.04 Å². The first-order valence-electron chi connectivity index (χ1n) is 6.41. The van der Waals surface area contributed by atoms with Gasteiger partial charge < -0.3 is 5.32 Å². The Hall–Kier alpha value is -1.13. The van der Waals surface area contributed by atoms with Gasteiger partial charge in [0, 0.05) is 10.9 Å². The van der Waals surface area contributed by atoms with E-state index in [0.29, 0.717) is 14.1 Å². The van der Waals surface area contributed by atoms with Crippen molar-refractivity contribution in [3.05, 3.63) is 68.1 Å².